The molecule has 2 aliphatic heterocycles. The molecule has 2 fully saturated rings. The highest BCUT2D eigenvalue weighted by Crippen LogP contribution is 2.26. The number of aromatic nitrogens is 1. The minimum Gasteiger partial charge on any atom is -0.342 e. The number of carbonyl (C=O) groups excluding carboxylic acids is 1. The van der Waals surface area contributed by atoms with Gasteiger partial charge in [-0.25, -0.2) is 4.98 Å². The summed E-state index contributed by atoms with van der Waals surface area (Å²) in [4.78, 5) is 24.2. The van der Waals surface area contributed by atoms with Crippen molar-refractivity contribution in [1.82, 2.24) is 19.7 Å². The summed E-state index contributed by atoms with van der Waals surface area (Å²) in [6.07, 6.45) is 4.88. The average Bonchev–Trinajstić information content (AvgIpc) is 3.29. The van der Waals surface area contributed by atoms with Crippen molar-refractivity contribution >= 4 is 28.6 Å². The third-order valence-corrected chi connectivity index (χ3v) is 7.11. The van der Waals surface area contributed by atoms with Crippen molar-refractivity contribution in [2.75, 3.05) is 45.8 Å². The summed E-state index contributed by atoms with van der Waals surface area (Å²) in [6, 6.07) is 2.13. The van der Waals surface area contributed by atoms with Crippen LogP contribution in [0.5, 0.6) is 0 Å². The highest BCUT2D eigenvalue weighted by molar-refractivity contribution is 7.14. The van der Waals surface area contributed by atoms with Crippen LogP contribution in [0.2, 0.25) is 0 Å². The highest BCUT2D eigenvalue weighted by Gasteiger charge is 2.22. The van der Waals surface area contributed by atoms with Gasteiger partial charge in [0.05, 0.1) is 12.2 Å². The number of hydrogen-bond acceptors (Lipinski definition) is 6. The Morgan fingerprint density at radius 3 is 2.41 bits per heavy atom. The van der Waals surface area contributed by atoms with Gasteiger partial charge in [-0.15, -0.1) is 11.3 Å². The summed E-state index contributed by atoms with van der Waals surface area (Å²) in [7, 11) is 0. The van der Waals surface area contributed by atoms with E-state index < -0.39 is 0 Å². The number of likely N-dealkylation sites (tertiary alicyclic amines) is 1. The quantitative estimate of drug-likeness (QED) is 0.766. The van der Waals surface area contributed by atoms with Crippen molar-refractivity contribution in [1.29, 1.82) is 0 Å². The predicted molar refractivity (Wildman–Crippen MR) is 112 cm³/mol. The number of thiophene rings is 1. The van der Waals surface area contributed by atoms with Gasteiger partial charge in [-0.2, -0.15) is 11.3 Å². The lowest BCUT2D eigenvalue weighted by Gasteiger charge is -2.35. The molecular weight excluding hydrogens is 376 g/mol. The third kappa shape index (κ3) is 5.16. The number of nitrogens with zero attached hydrogens (tertiary/aromatic N) is 4. The fourth-order valence-electron chi connectivity index (χ4n) is 3.84. The van der Waals surface area contributed by atoms with Crippen LogP contribution in [0.3, 0.4) is 0 Å². The molecule has 27 heavy (non-hydrogen) atoms. The van der Waals surface area contributed by atoms with E-state index in [-0.39, 0.29) is 0 Å². The van der Waals surface area contributed by atoms with E-state index in [1.807, 2.05) is 0 Å². The Labute approximate surface area is 169 Å². The van der Waals surface area contributed by atoms with E-state index in [9.17, 15) is 4.79 Å². The summed E-state index contributed by atoms with van der Waals surface area (Å²) >= 11 is 3.45. The fraction of sp³-hybridized carbons (Fsp3) is 0.600. The normalized spacial score (nSPS) is 19.9. The van der Waals surface area contributed by atoms with E-state index >= 15 is 0 Å². The van der Waals surface area contributed by atoms with Crippen molar-refractivity contribution in [2.45, 2.75) is 32.2 Å². The van der Waals surface area contributed by atoms with Crippen molar-refractivity contribution in [3.8, 4) is 10.6 Å². The summed E-state index contributed by atoms with van der Waals surface area (Å²) in [5, 5.41) is 7.56. The third-order valence-electron chi connectivity index (χ3n) is 5.49. The fourth-order valence-corrected chi connectivity index (χ4v) is 5.37. The molecule has 4 rings (SSSR count). The largest absolute Gasteiger partial charge is 0.342 e. The van der Waals surface area contributed by atoms with Gasteiger partial charge in [-0.3, -0.25) is 14.6 Å². The first kappa shape index (κ1) is 19.1. The summed E-state index contributed by atoms with van der Waals surface area (Å²) in [5.74, 6) is 0.324. The summed E-state index contributed by atoms with van der Waals surface area (Å²) < 4.78 is 0. The maximum absolute atomic E-state index is 12.6. The molecule has 4 heterocycles. The zero-order valence-corrected chi connectivity index (χ0v) is 17.4. The van der Waals surface area contributed by atoms with E-state index in [4.69, 9.17) is 4.98 Å². The summed E-state index contributed by atoms with van der Waals surface area (Å²) in [5.41, 5.74) is 2.39. The number of carbonyl (C=O) groups is 1. The van der Waals surface area contributed by atoms with E-state index in [2.05, 4.69) is 36.9 Å². The van der Waals surface area contributed by atoms with Gasteiger partial charge in [-0.05, 0) is 24.3 Å². The van der Waals surface area contributed by atoms with Crippen molar-refractivity contribution in [3.05, 3.63) is 27.9 Å². The first-order valence-electron chi connectivity index (χ1n) is 9.97. The lowest BCUT2D eigenvalue weighted by Crippen LogP contribution is -2.49. The molecule has 0 unspecified atom stereocenters. The monoisotopic (exact) mass is 404 g/mol. The van der Waals surface area contributed by atoms with Gasteiger partial charge in [0.25, 0.3) is 0 Å². The zero-order chi connectivity index (χ0) is 18.5. The van der Waals surface area contributed by atoms with Gasteiger partial charge in [-0.1, -0.05) is 12.8 Å². The summed E-state index contributed by atoms with van der Waals surface area (Å²) in [6.45, 7) is 7.38. The Hall–Kier alpha value is -1.28. The van der Waals surface area contributed by atoms with Crippen LogP contribution in [0, 0.1) is 0 Å². The number of thiazole rings is 1. The van der Waals surface area contributed by atoms with Crippen molar-refractivity contribution in [3.63, 3.8) is 0 Å². The average molecular weight is 405 g/mol. The van der Waals surface area contributed by atoms with E-state index in [0.29, 0.717) is 12.5 Å². The molecule has 1 amide bonds. The molecule has 0 aromatic carbocycles. The van der Waals surface area contributed by atoms with Crippen LogP contribution in [0.1, 0.15) is 31.4 Å². The minimum atomic E-state index is 0.324. The Kier molecular flexibility index (Phi) is 6.55. The van der Waals surface area contributed by atoms with Crippen LogP contribution >= 0.6 is 22.7 Å². The minimum absolute atomic E-state index is 0.324. The molecule has 0 saturated carbocycles. The first-order valence-corrected chi connectivity index (χ1v) is 11.8. The van der Waals surface area contributed by atoms with Gasteiger partial charge >= 0.3 is 0 Å². The Morgan fingerprint density at radius 1 is 0.963 bits per heavy atom. The molecule has 146 valence electrons. The topological polar surface area (TPSA) is 39.7 Å². The maximum Gasteiger partial charge on any atom is 0.236 e. The van der Waals surface area contributed by atoms with Crippen LogP contribution in [0.4, 0.5) is 0 Å². The van der Waals surface area contributed by atoms with Gasteiger partial charge in [0.1, 0.15) is 5.01 Å². The molecular formula is C20H28N4OS2. The molecule has 0 bridgehead atoms. The SMILES string of the molecule is O=C(CN1CCN(Cc2csc(-c3ccsc3)n2)CC1)N1CCCCCC1. The van der Waals surface area contributed by atoms with Crippen molar-refractivity contribution < 1.29 is 4.79 Å². The second-order valence-electron chi connectivity index (χ2n) is 7.50. The molecule has 0 radical (unpaired) electrons. The Bertz CT molecular complexity index is 714. The number of rotatable bonds is 5. The predicted octanol–water partition coefficient (Wildman–Crippen LogP) is 3.39. The lowest BCUT2D eigenvalue weighted by molar-refractivity contribution is -0.132. The van der Waals surface area contributed by atoms with Crippen molar-refractivity contribution in [2.24, 2.45) is 0 Å². The number of piperazine rings is 1. The highest BCUT2D eigenvalue weighted by atomic mass is 32.1. The second-order valence-corrected chi connectivity index (χ2v) is 9.14. The molecule has 2 aliphatic rings. The van der Waals surface area contributed by atoms with Gasteiger partial charge in [0.2, 0.25) is 5.91 Å². The van der Waals surface area contributed by atoms with Gasteiger partial charge in [0, 0.05) is 62.1 Å². The van der Waals surface area contributed by atoms with Crippen LogP contribution in [0.25, 0.3) is 10.6 Å². The van der Waals surface area contributed by atoms with E-state index in [1.165, 1.54) is 31.2 Å². The standard InChI is InChI=1S/C20H28N4OS2/c25-19(24-6-3-1-2-4-7-24)14-23-10-8-22(9-11-23)13-18-16-27-20(21-18)17-5-12-26-15-17/h5,12,15-16H,1-4,6-11,13-14H2. The number of hydrogen-bond donors (Lipinski definition) is 0. The molecule has 5 nitrogen and oxygen atoms in total. The maximum atomic E-state index is 12.6. The smallest absolute Gasteiger partial charge is 0.236 e. The van der Waals surface area contributed by atoms with Crippen LogP contribution in [-0.2, 0) is 11.3 Å². The molecule has 0 spiro atoms. The van der Waals surface area contributed by atoms with Crippen LogP contribution in [0.15, 0.2) is 22.2 Å². The second kappa shape index (κ2) is 9.28. The Morgan fingerprint density at radius 2 is 1.70 bits per heavy atom. The van der Waals surface area contributed by atoms with Crippen LogP contribution in [-0.4, -0.2) is 71.4 Å². The molecule has 7 heteroatoms. The first-order chi connectivity index (χ1) is 13.3. The molecule has 2 aromatic rings. The Balaban J connectivity index is 1.22. The molecule has 0 aliphatic carbocycles. The lowest BCUT2D eigenvalue weighted by atomic mass is 10.2. The van der Waals surface area contributed by atoms with E-state index in [0.717, 1.165) is 56.5 Å². The van der Waals surface area contributed by atoms with Gasteiger partial charge in [0.15, 0.2) is 0 Å². The number of amides is 1. The molecule has 2 aromatic heterocycles. The van der Waals surface area contributed by atoms with E-state index in [1.54, 1.807) is 22.7 Å². The molecule has 0 atom stereocenters. The molecule has 2 saturated heterocycles. The zero-order valence-electron chi connectivity index (χ0n) is 15.8. The van der Waals surface area contributed by atoms with Gasteiger partial charge < -0.3 is 4.90 Å². The van der Waals surface area contributed by atoms with Crippen LogP contribution < -0.4 is 0 Å². The molecule has 0 N–H and O–H groups in total.